The van der Waals surface area contributed by atoms with Gasteiger partial charge in [0, 0.05) is 22.1 Å². The fourth-order valence-corrected chi connectivity index (χ4v) is 7.04. The largest absolute Gasteiger partial charge is 0.426 e. The second kappa shape index (κ2) is 8.50. The molecule has 7 heteroatoms. The lowest BCUT2D eigenvalue weighted by atomic mass is 9.81. The van der Waals surface area contributed by atoms with Crippen LogP contribution in [0.25, 0.3) is 0 Å². The lowest BCUT2D eigenvalue weighted by Crippen LogP contribution is -2.37. The van der Waals surface area contributed by atoms with Crippen LogP contribution in [0.5, 0.6) is 5.75 Å². The van der Waals surface area contributed by atoms with Gasteiger partial charge >= 0.3 is 5.97 Å². The third-order valence-corrected chi connectivity index (χ3v) is 9.74. The molecule has 4 rings (SSSR count). The van der Waals surface area contributed by atoms with Crippen LogP contribution in [0.3, 0.4) is 0 Å². The van der Waals surface area contributed by atoms with Crippen molar-refractivity contribution in [2.24, 2.45) is 23.7 Å². The van der Waals surface area contributed by atoms with Crippen molar-refractivity contribution >= 4 is 55.3 Å². The van der Waals surface area contributed by atoms with Crippen molar-refractivity contribution in [1.29, 1.82) is 0 Å². The smallest absolute Gasteiger partial charge is 0.311 e. The van der Waals surface area contributed by atoms with Crippen molar-refractivity contribution in [2.75, 3.05) is 4.90 Å². The number of carbonyl (C=O) groups excluding carboxylic acids is 3. The van der Waals surface area contributed by atoms with Crippen molar-refractivity contribution < 1.29 is 19.1 Å². The maximum Gasteiger partial charge on any atom is 0.311 e. The summed E-state index contributed by atoms with van der Waals surface area (Å²) in [5.74, 6) is -0.304. The summed E-state index contributed by atoms with van der Waals surface area (Å²) < 4.78 is 5.44. The molecule has 156 valence electrons. The Labute approximate surface area is 187 Å². The van der Waals surface area contributed by atoms with Gasteiger partial charge in [-0.2, -0.15) is 0 Å². The van der Waals surface area contributed by atoms with Gasteiger partial charge in [0.1, 0.15) is 5.75 Å². The van der Waals surface area contributed by atoms with Gasteiger partial charge in [0.05, 0.1) is 17.5 Å². The highest BCUT2D eigenvalue weighted by Crippen LogP contribution is 2.60. The number of unbranched alkanes of at least 4 members (excludes halogenated alkanes) is 3. The molecule has 2 aliphatic carbocycles. The molecule has 1 heterocycles. The molecular formula is C22H25Br2NO4. The minimum absolute atomic E-state index is 0.126. The molecule has 1 aromatic rings. The average molecular weight is 527 g/mol. The number of halogens is 2. The van der Waals surface area contributed by atoms with E-state index in [1.165, 1.54) is 4.90 Å². The summed E-state index contributed by atoms with van der Waals surface area (Å²) in [7, 11) is 0. The SMILES string of the molecule is CCCCCCC(=O)Oc1cccc(N2C(=O)[C@@H]3[C@H]4C[C@@H]([C@H](Br)[C@H]4Br)[C@H]3C2=O)c1. The van der Waals surface area contributed by atoms with E-state index >= 15 is 0 Å². The van der Waals surface area contributed by atoms with Crippen LogP contribution in [0.2, 0.25) is 0 Å². The maximum atomic E-state index is 13.1. The van der Waals surface area contributed by atoms with Gasteiger partial charge in [0.2, 0.25) is 11.8 Å². The van der Waals surface area contributed by atoms with Crippen LogP contribution >= 0.6 is 31.9 Å². The normalized spacial score (nSPS) is 32.7. The first kappa shape index (κ1) is 21.0. The molecule has 2 bridgehead atoms. The molecule has 0 spiro atoms. The fraction of sp³-hybridized carbons (Fsp3) is 0.591. The number of fused-ring (bicyclic) bond motifs is 5. The monoisotopic (exact) mass is 525 g/mol. The number of hydrogen-bond acceptors (Lipinski definition) is 4. The highest BCUT2D eigenvalue weighted by Gasteiger charge is 2.66. The summed E-state index contributed by atoms with van der Waals surface area (Å²) in [6.07, 6.45) is 5.32. The van der Waals surface area contributed by atoms with E-state index < -0.39 is 0 Å². The molecular weight excluding hydrogens is 502 g/mol. The van der Waals surface area contributed by atoms with Gasteiger partial charge in [-0.3, -0.25) is 14.4 Å². The molecule has 0 radical (unpaired) electrons. The van der Waals surface area contributed by atoms with Gasteiger partial charge in [-0.05, 0) is 36.8 Å². The maximum absolute atomic E-state index is 13.1. The molecule has 5 nitrogen and oxygen atoms in total. The fourth-order valence-electron chi connectivity index (χ4n) is 5.17. The number of ether oxygens (including phenoxy) is 1. The summed E-state index contributed by atoms with van der Waals surface area (Å²) >= 11 is 7.41. The second-order valence-electron chi connectivity index (χ2n) is 8.30. The molecule has 1 aromatic carbocycles. The standard InChI is InChI=1S/C22H25Br2NO4/c1-2-3-4-5-9-16(26)29-13-8-6-7-12(10-13)25-21(27)17-14-11-15(18(17)22(25)28)20(24)19(14)23/h6-8,10,14-15,17-20H,2-5,9,11H2,1H3/t14-,15-,17-,18-,19+,20+/m1/s1. The second-order valence-corrected chi connectivity index (χ2v) is 10.4. The molecule has 0 N–H and O–H groups in total. The Balaban J connectivity index is 1.47. The number of esters is 1. The van der Waals surface area contributed by atoms with Crippen LogP contribution in [-0.4, -0.2) is 27.4 Å². The Kier molecular flexibility index (Phi) is 6.17. The van der Waals surface area contributed by atoms with E-state index in [0.29, 0.717) is 17.9 Å². The lowest BCUT2D eigenvalue weighted by Gasteiger charge is -2.28. The van der Waals surface area contributed by atoms with Crippen LogP contribution < -0.4 is 9.64 Å². The zero-order chi connectivity index (χ0) is 20.7. The first-order valence-corrected chi connectivity index (χ1v) is 12.2. The zero-order valence-electron chi connectivity index (χ0n) is 16.4. The average Bonchev–Trinajstić information content (AvgIpc) is 3.30. The summed E-state index contributed by atoms with van der Waals surface area (Å²) in [6.45, 7) is 2.13. The van der Waals surface area contributed by atoms with E-state index in [0.717, 1.165) is 32.1 Å². The zero-order valence-corrected chi connectivity index (χ0v) is 19.5. The topological polar surface area (TPSA) is 63.7 Å². The number of alkyl halides is 2. The molecule has 6 atom stereocenters. The van der Waals surface area contributed by atoms with Crippen molar-refractivity contribution in [2.45, 2.75) is 55.1 Å². The number of benzene rings is 1. The number of nitrogens with zero attached hydrogens (tertiary/aromatic N) is 1. The molecule has 3 aliphatic rings. The highest BCUT2D eigenvalue weighted by molar-refractivity contribution is 9.12. The molecule has 1 saturated heterocycles. The van der Waals surface area contributed by atoms with Gasteiger partial charge in [0.15, 0.2) is 0 Å². The van der Waals surface area contributed by atoms with Crippen LogP contribution in [0, 0.1) is 23.7 Å². The van der Waals surface area contributed by atoms with Crippen LogP contribution in [0.4, 0.5) is 5.69 Å². The van der Waals surface area contributed by atoms with Gasteiger partial charge in [-0.1, -0.05) is 64.1 Å². The Morgan fingerprint density at radius 1 is 1.07 bits per heavy atom. The highest BCUT2D eigenvalue weighted by atomic mass is 79.9. The molecule has 1 aliphatic heterocycles. The van der Waals surface area contributed by atoms with E-state index in [4.69, 9.17) is 4.74 Å². The van der Waals surface area contributed by atoms with Crippen molar-refractivity contribution in [3.8, 4) is 5.75 Å². The van der Waals surface area contributed by atoms with Crippen LogP contribution in [0.15, 0.2) is 24.3 Å². The molecule has 2 saturated carbocycles. The first-order valence-electron chi connectivity index (χ1n) is 10.4. The minimum atomic E-state index is -0.281. The van der Waals surface area contributed by atoms with Gasteiger partial charge in [-0.15, -0.1) is 0 Å². The number of anilines is 1. The third kappa shape index (κ3) is 3.69. The third-order valence-electron chi connectivity index (χ3n) is 6.53. The number of rotatable bonds is 7. The number of carbonyl (C=O) groups is 3. The Morgan fingerprint density at radius 3 is 2.34 bits per heavy atom. The van der Waals surface area contributed by atoms with Crippen molar-refractivity contribution in [3.63, 3.8) is 0 Å². The number of hydrogen-bond donors (Lipinski definition) is 0. The lowest BCUT2D eigenvalue weighted by molar-refractivity contribution is -0.134. The van der Waals surface area contributed by atoms with E-state index in [9.17, 15) is 14.4 Å². The minimum Gasteiger partial charge on any atom is -0.426 e. The van der Waals surface area contributed by atoms with E-state index in [-0.39, 0.29) is 51.1 Å². The van der Waals surface area contributed by atoms with E-state index in [1.54, 1.807) is 24.3 Å². The van der Waals surface area contributed by atoms with Gasteiger partial charge in [0.25, 0.3) is 0 Å². The Hall–Kier alpha value is -1.21. The quantitative estimate of drug-likeness (QED) is 0.167. The van der Waals surface area contributed by atoms with Crippen molar-refractivity contribution in [1.82, 2.24) is 0 Å². The molecule has 29 heavy (non-hydrogen) atoms. The summed E-state index contributed by atoms with van der Waals surface area (Å²) in [4.78, 5) is 40.1. The first-order chi connectivity index (χ1) is 13.9. The summed E-state index contributed by atoms with van der Waals surface area (Å²) in [6, 6.07) is 6.76. The molecule has 0 aromatic heterocycles. The van der Waals surface area contributed by atoms with Crippen LogP contribution in [0.1, 0.15) is 45.4 Å². The predicted molar refractivity (Wildman–Crippen MR) is 117 cm³/mol. The van der Waals surface area contributed by atoms with Gasteiger partial charge < -0.3 is 4.74 Å². The number of imide groups is 1. The molecule has 3 fully saturated rings. The van der Waals surface area contributed by atoms with Crippen molar-refractivity contribution in [3.05, 3.63) is 24.3 Å². The van der Waals surface area contributed by atoms with E-state index in [2.05, 4.69) is 38.8 Å². The van der Waals surface area contributed by atoms with E-state index in [1.807, 2.05) is 0 Å². The summed E-state index contributed by atoms with van der Waals surface area (Å²) in [5, 5.41) is 0. The van der Waals surface area contributed by atoms with Gasteiger partial charge in [-0.25, -0.2) is 4.90 Å². The predicted octanol–water partition coefficient (Wildman–Crippen LogP) is 4.84. The number of amides is 2. The van der Waals surface area contributed by atoms with Crippen LogP contribution in [-0.2, 0) is 14.4 Å². The Morgan fingerprint density at radius 2 is 1.72 bits per heavy atom. The molecule has 2 amide bonds. The summed E-state index contributed by atoms with van der Waals surface area (Å²) in [5.41, 5.74) is 0.488. The Bertz CT molecular complexity index is 797. The molecule has 0 unspecified atom stereocenters.